The molecule has 0 aromatic carbocycles. The van der Waals surface area contributed by atoms with E-state index in [1.54, 1.807) is 0 Å². The van der Waals surface area contributed by atoms with Gasteiger partial charge in [-0.2, -0.15) is 5.26 Å². The number of nitriles is 1. The lowest BCUT2D eigenvalue weighted by Crippen LogP contribution is -2.39. The summed E-state index contributed by atoms with van der Waals surface area (Å²) in [5, 5.41) is 12.2. The zero-order valence-electron chi connectivity index (χ0n) is 13.1. The first-order valence-corrected chi connectivity index (χ1v) is 7.53. The quantitative estimate of drug-likeness (QED) is 0.743. The van der Waals surface area contributed by atoms with E-state index in [4.69, 9.17) is 5.26 Å². The highest BCUT2D eigenvalue weighted by atomic mass is 15.2. The molecule has 1 N–H and O–H groups in total. The summed E-state index contributed by atoms with van der Waals surface area (Å²) >= 11 is 0. The fourth-order valence-electron chi connectivity index (χ4n) is 2.78. The summed E-state index contributed by atoms with van der Waals surface area (Å²) in [7, 11) is 4.08. The summed E-state index contributed by atoms with van der Waals surface area (Å²) in [6, 6.07) is 3.01. The molecular weight excluding hydrogens is 236 g/mol. The van der Waals surface area contributed by atoms with Crippen LogP contribution in [0.4, 0.5) is 0 Å². The number of hydrogen-bond acceptors (Lipinski definition) is 4. The monoisotopic (exact) mass is 266 g/mol. The van der Waals surface area contributed by atoms with Gasteiger partial charge in [0, 0.05) is 12.6 Å². The Morgan fingerprint density at radius 3 is 2.74 bits per heavy atom. The molecule has 1 fully saturated rings. The van der Waals surface area contributed by atoms with Gasteiger partial charge in [-0.1, -0.05) is 0 Å². The molecule has 19 heavy (non-hydrogen) atoms. The van der Waals surface area contributed by atoms with E-state index in [2.05, 4.69) is 35.2 Å². The molecule has 1 aliphatic rings. The maximum Gasteiger partial charge on any atom is 0.103 e. The third-order valence-corrected chi connectivity index (χ3v) is 4.36. The van der Waals surface area contributed by atoms with Gasteiger partial charge in [-0.05, 0) is 73.3 Å². The van der Waals surface area contributed by atoms with Gasteiger partial charge in [0.15, 0.2) is 0 Å². The largest absolute Gasteiger partial charge is 0.305 e. The second-order valence-electron chi connectivity index (χ2n) is 6.15. The van der Waals surface area contributed by atoms with Crippen LogP contribution in [0.3, 0.4) is 0 Å². The molecule has 0 bridgehead atoms. The van der Waals surface area contributed by atoms with Crippen molar-refractivity contribution in [1.29, 1.82) is 5.26 Å². The number of hydrogen-bond donors (Lipinski definition) is 1. The van der Waals surface area contributed by atoms with Gasteiger partial charge in [-0.3, -0.25) is 4.90 Å². The van der Waals surface area contributed by atoms with Crippen LogP contribution in [0.5, 0.6) is 0 Å². The average Bonchev–Trinajstić information content (AvgIpc) is 2.55. The molecule has 0 aromatic rings. The van der Waals surface area contributed by atoms with Crippen molar-refractivity contribution in [1.82, 2.24) is 15.1 Å². The van der Waals surface area contributed by atoms with Gasteiger partial charge in [0.1, 0.15) is 5.54 Å². The predicted molar refractivity (Wildman–Crippen MR) is 80.1 cm³/mol. The van der Waals surface area contributed by atoms with Crippen LogP contribution < -0.4 is 5.32 Å². The minimum absolute atomic E-state index is 0.357. The van der Waals surface area contributed by atoms with Crippen molar-refractivity contribution in [3.63, 3.8) is 0 Å². The fourth-order valence-corrected chi connectivity index (χ4v) is 2.78. The Kier molecular flexibility index (Phi) is 6.78. The van der Waals surface area contributed by atoms with E-state index < -0.39 is 0 Å². The molecule has 4 nitrogen and oxygen atoms in total. The van der Waals surface area contributed by atoms with E-state index in [9.17, 15) is 0 Å². The van der Waals surface area contributed by atoms with Crippen molar-refractivity contribution in [2.24, 2.45) is 0 Å². The second kappa shape index (κ2) is 7.84. The summed E-state index contributed by atoms with van der Waals surface area (Å²) in [6.45, 7) is 9.08. The first-order chi connectivity index (χ1) is 9.00. The Morgan fingerprint density at radius 1 is 1.37 bits per heavy atom. The highest BCUT2D eigenvalue weighted by Crippen LogP contribution is 2.14. The molecule has 2 unspecified atom stereocenters. The van der Waals surface area contributed by atoms with Gasteiger partial charge >= 0.3 is 0 Å². The molecule has 0 spiro atoms. The molecule has 0 aromatic heterocycles. The highest BCUT2D eigenvalue weighted by molar-refractivity contribution is 5.02. The number of likely N-dealkylation sites (N-methyl/N-ethyl adjacent to an activating group) is 1. The summed E-state index contributed by atoms with van der Waals surface area (Å²) in [5.74, 6) is 0. The number of nitrogens with one attached hydrogen (secondary N) is 1. The topological polar surface area (TPSA) is 42.3 Å². The number of nitrogens with zero attached hydrogens (tertiary/aromatic N) is 3. The first kappa shape index (κ1) is 16.4. The van der Waals surface area contributed by atoms with Crippen LogP contribution >= 0.6 is 0 Å². The zero-order valence-corrected chi connectivity index (χ0v) is 13.1. The Bertz CT molecular complexity index is 299. The first-order valence-electron chi connectivity index (χ1n) is 7.53. The molecule has 0 radical (unpaired) electrons. The molecule has 1 heterocycles. The van der Waals surface area contributed by atoms with Crippen molar-refractivity contribution < 1.29 is 0 Å². The van der Waals surface area contributed by atoms with E-state index in [1.807, 2.05) is 14.0 Å². The van der Waals surface area contributed by atoms with Gasteiger partial charge in [-0.25, -0.2) is 0 Å². The van der Waals surface area contributed by atoms with Crippen LogP contribution in [0.15, 0.2) is 0 Å². The standard InChI is InChI=1S/C15H30N4/c1-14-12-18(4)9-7-11-19(14)10-6-5-8-15(2,13-16)17-3/h14,17H,5-12H2,1-4H3. The van der Waals surface area contributed by atoms with Crippen molar-refractivity contribution in [3.05, 3.63) is 0 Å². The molecule has 0 amide bonds. The molecule has 1 rings (SSSR count). The smallest absolute Gasteiger partial charge is 0.103 e. The third-order valence-electron chi connectivity index (χ3n) is 4.36. The number of unbranched alkanes of at least 4 members (excludes halogenated alkanes) is 1. The molecule has 0 saturated carbocycles. The van der Waals surface area contributed by atoms with Crippen molar-refractivity contribution in [2.75, 3.05) is 40.3 Å². The Morgan fingerprint density at radius 2 is 2.11 bits per heavy atom. The molecular formula is C15H30N4. The van der Waals surface area contributed by atoms with Gasteiger partial charge in [0.25, 0.3) is 0 Å². The Hall–Kier alpha value is -0.630. The predicted octanol–water partition coefficient (Wildman–Crippen LogP) is 1.68. The molecule has 1 saturated heterocycles. The van der Waals surface area contributed by atoms with E-state index >= 15 is 0 Å². The molecule has 2 atom stereocenters. The van der Waals surface area contributed by atoms with Crippen LogP contribution in [0.1, 0.15) is 39.5 Å². The van der Waals surface area contributed by atoms with E-state index in [-0.39, 0.29) is 5.54 Å². The lowest BCUT2D eigenvalue weighted by atomic mass is 9.97. The molecule has 0 aliphatic carbocycles. The average molecular weight is 266 g/mol. The summed E-state index contributed by atoms with van der Waals surface area (Å²) in [5.41, 5.74) is -0.357. The van der Waals surface area contributed by atoms with Gasteiger partial charge < -0.3 is 10.2 Å². The zero-order chi connectivity index (χ0) is 14.3. The van der Waals surface area contributed by atoms with Gasteiger partial charge in [-0.15, -0.1) is 0 Å². The Balaban J connectivity index is 2.27. The van der Waals surface area contributed by atoms with Crippen molar-refractivity contribution in [2.45, 2.75) is 51.1 Å². The lowest BCUT2D eigenvalue weighted by molar-refractivity contribution is 0.197. The van der Waals surface area contributed by atoms with Gasteiger partial charge in [0.2, 0.25) is 0 Å². The fraction of sp³-hybridized carbons (Fsp3) is 0.933. The normalized spacial score (nSPS) is 25.5. The minimum Gasteiger partial charge on any atom is -0.305 e. The molecule has 110 valence electrons. The summed E-state index contributed by atoms with van der Waals surface area (Å²) in [6.07, 6.45) is 4.51. The Labute approximate surface area is 118 Å². The van der Waals surface area contributed by atoms with Crippen LogP contribution in [0, 0.1) is 11.3 Å². The molecule has 1 aliphatic heterocycles. The van der Waals surface area contributed by atoms with Crippen molar-refractivity contribution in [3.8, 4) is 6.07 Å². The van der Waals surface area contributed by atoms with Crippen LogP contribution in [-0.4, -0.2) is 61.7 Å². The van der Waals surface area contributed by atoms with E-state index in [0.717, 1.165) is 12.8 Å². The van der Waals surface area contributed by atoms with Crippen LogP contribution in [0.25, 0.3) is 0 Å². The number of rotatable bonds is 6. The van der Waals surface area contributed by atoms with E-state index in [1.165, 1.54) is 39.0 Å². The van der Waals surface area contributed by atoms with Crippen LogP contribution in [0.2, 0.25) is 0 Å². The third kappa shape index (κ3) is 5.48. The maximum atomic E-state index is 9.11. The maximum absolute atomic E-state index is 9.11. The summed E-state index contributed by atoms with van der Waals surface area (Å²) in [4.78, 5) is 5.03. The lowest BCUT2D eigenvalue weighted by Gasteiger charge is -2.28. The second-order valence-corrected chi connectivity index (χ2v) is 6.15. The van der Waals surface area contributed by atoms with Gasteiger partial charge in [0.05, 0.1) is 6.07 Å². The minimum atomic E-state index is -0.357. The highest BCUT2D eigenvalue weighted by Gasteiger charge is 2.22. The van der Waals surface area contributed by atoms with E-state index in [0.29, 0.717) is 6.04 Å². The van der Waals surface area contributed by atoms with Crippen molar-refractivity contribution >= 4 is 0 Å². The SMILES string of the molecule is CNC(C)(C#N)CCCCN1CCCN(C)CC1C. The molecule has 4 heteroatoms. The van der Waals surface area contributed by atoms with Crippen LogP contribution in [-0.2, 0) is 0 Å². The summed E-state index contributed by atoms with van der Waals surface area (Å²) < 4.78 is 0.